The van der Waals surface area contributed by atoms with Crippen LogP contribution in [0.2, 0.25) is 0 Å². The molecule has 0 aromatic heterocycles. The van der Waals surface area contributed by atoms with Crippen molar-refractivity contribution < 1.29 is 4.39 Å². The maximum atomic E-state index is 13.1. The zero-order valence-corrected chi connectivity index (χ0v) is 13.2. The first-order valence-corrected chi connectivity index (χ1v) is 7.45. The molecule has 0 saturated heterocycles. The predicted octanol–water partition coefficient (Wildman–Crippen LogP) is 4.72. The van der Waals surface area contributed by atoms with Gasteiger partial charge in [-0.2, -0.15) is 0 Å². The molecule has 3 heteroatoms. The van der Waals surface area contributed by atoms with Crippen molar-refractivity contribution >= 4 is 15.9 Å². The maximum absolute atomic E-state index is 13.1. The van der Waals surface area contributed by atoms with Gasteiger partial charge >= 0.3 is 0 Å². The molecular formula is C15H23BrFN. The Kier molecular flexibility index (Phi) is 6.30. The van der Waals surface area contributed by atoms with Gasteiger partial charge < -0.3 is 5.32 Å². The lowest BCUT2D eigenvalue weighted by Crippen LogP contribution is -2.38. The van der Waals surface area contributed by atoms with Crippen LogP contribution in [0, 0.1) is 11.7 Å². The minimum Gasteiger partial charge on any atom is -0.313 e. The van der Waals surface area contributed by atoms with Gasteiger partial charge in [0, 0.05) is 10.5 Å². The Labute approximate surface area is 118 Å². The van der Waals surface area contributed by atoms with E-state index in [-0.39, 0.29) is 5.82 Å². The van der Waals surface area contributed by atoms with Gasteiger partial charge in [0.15, 0.2) is 0 Å². The standard InChI is InChI=1S/C15H23BrFN/c1-5-8-18-15(10(2)3)11(4)13-7-6-12(17)9-14(13)16/h6-7,9-11,15,18H,5,8H2,1-4H3. The van der Waals surface area contributed by atoms with Gasteiger partial charge in [0.05, 0.1) is 0 Å². The van der Waals surface area contributed by atoms with Gasteiger partial charge in [-0.3, -0.25) is 0 Å². The van der Waals surface area contributed by atoms with Crippen LogP contribution in [-0.2, 0) is 0 Å². The van der Waals surface area contributed by atoms with Gasteiger partial charge in [-0.05, 0) is 42.5 Å². The normalized spacial score (nSPS) is 14.8. The molecule has 0 bridgehead atoms. The molecule has 0 saturated carbocycles. The van der Waals surface area contributed by atoms with Gasteiger partial charge in [0.25, 0.3) is 0 Å². The van der Waals surface area contributed by atoms with Crippen LogP contribution in [0.15, 0.2) is 22.7 Å². The van der Waals surface area contributed by atoms with E-state index < -0.39 is 0 Å². The monoisotopic (exact) mass is 315 g/mol. The molecular weight excluding hydrogens is 293 g/mol. The van der Waals surface area contributed by atoms with Crippen LogP contribution in [0.5, 0.6) is 0 Å². The summed E-state index contributed by atoms with van der Waals surface area (Å²) in [7, 11) is 0. The molecule has 0 aliphatic carbocycles. The van der Waals surface area contributed by atoms with Crippen LogP contribution in [0.3, 0.4) is 0 Å². The van der Waals surface area contributed by atoms with Crippen molar-refractivity contribution in [2.45, 2.75) is 46.1 Å². The summed E-state index contributed by atoms with van der Waals surface area (Å²) in [5.74, 6) is 0.704. The van der Waals surface area contributed by atoms with Gasteiger partial charge in [0.1, 0.15) is 5.82 Å². The molecule has 0 radical (unpaired) electrons. The molecule has 0 spiro atoms. The number of nitrogens with one attached hydrogen (secondary N) is 1. The number of hydrogen-bond donors (Lipinski definition) is 1. The Balaban J connectivity index is 2.90. The molecule has 1 aromatic rings. The number of benzene rings is 1. The zero-order valence-electron chi connectivity index (χ0n) is 11.6. The lowest BCUT2D eigenvalue weighted by Gasteiger charge is -2.29. The summed E-state index contributed by atoms with van der Waals surface area (Å²) in [6, 6.07) is 5.37. The van der Waals surface area contributed by atoms with E-state index in [4.69, 9.17) is 0 Å². The zero-order chi connectivity index (χ0) is 13.7. The number of halogens is 2. The van der Waals surface area contributed by atoms with E-state index in [9.17, 15) is 4.39 Å². The fourth-order valence-corrected chi connectivity index (χ4v) is 3.08. The minimum atomic E-state index is -0.194. The molecule has 0 aliphatic heterocycles. The van der Waals surface area contributed by atoms with E-state index in [1.165, 1.54) is 11.6 Å². The third-order valence-corrected chi connectivity index (χ3v) is 4.03. The van der Waals surface area contributed by atoms with Crippen molar-refractivity contribution in [2.75, 3.05) is 6.54 Å². The van der Waals surface area contributed by atoms with E-state index in [1.807, 2.05) is 6.07 Å². The molecule has 0 fully saturated rings. The van der Waals surface area contributed by atoms with Crippen LogP contribution in [0.1, 0.15) is 45.6 Å². The first kappa shape index (κ1) is 15.6. The maximum Gasteiger partial charge on any atom is 0.124 e. The fourth-order valence-electron chi connectivity index (χ4n) is 2.37. The molecule has 2 unspecified atom stereocenters. The minimum absolute atomic E-state index is 0.194. The van der Waals surface area contributed by atoms with Gasteiger partial charge in [-0.25, -0.2) is 4.39 Å². The van der Waals surface area contributed by atoms with Crippen molar-refractivity contribution in [3.05, 3.63) is 34.1 Å². The summed E-state index contributed by atoms with van der Waals surface area (Å²) in [4.78, 5) is 0. The van der Waals surface area contributed by atoms with E-state index in [0.29, 0.717) is 17.9 Å². The lowest BCUT2D eigenvalue weighted by atomic mass is 9.86. The Hall–Kier alpha value is -0.410. The molecule has 1 N–H and O–H groups in total. The second kappa shape index (κ2) is 7.25. The second-order valence-corrected chi connectivity index (χ2v) is 6.03. The average molecular weight is 316 g/mol. The Bertz CT molecular complexity index is 379. The highest BCUT2D eigenvalue weighted by atomic mass is 79.9. The Morgan fingerprint density at radius 2 is 1.94 bits per heavy atom. The van der Waals surface area contributed by atoms with E-state index in [1.54, 1.807) is 6.07 Å². The van der Waals surface area contributed by atoms with Crippen LogP contribution >= 0.6 is 15.9 Å². The third kappa shape index (κ3) is 4.06. The SMILES string of the molecule is CCCNC(C(C)C)C(C)c1ccc(F)cc1Br. The van der Waals surface area contributed by atoms with Crippen LogP contribution < -0.4 is 5.32 Å². The van der Waals surface area contributed by atoms with Crippen molar-refractivity contribution in [3.8, 4) is 0 Å². The molecule has 0 heterocycles. The number of hydrogen-bond acceptors (Lipinski definition) is 1. The molecule has 1 nitrogen and oxygen atoms in total. The summed E-state index contributed by atoms with van der Waals surface area (Å²) in [6.07, 6.45) is 1.13. The van der Waals surface area contributed by atoms with Crippen LogP contribution in [-0.4, -0.2) is 12.6 Å². The molecule has 0 aliphatic rings. The lowest BCUT2D eigenvalue weighted by molar-refractivity contribution is 0.353. The summed E-state index contributed by atoms with van der Waals surface area (Å²) in [5.41, 5.74) is 1.17. The molecule has 1 rings (SSSR count). The van der Waals surface area contributed by atoms with Crippen LogP contribution in [0.4, 0.5) is 4.39 Å². The van der Waals surface area contributed by atoms with Gasteiger partial charge in [-0.15, -0.1) is 0 Å². The molecule has 2 atom stereocenters. The third-order valence-electron chi connectivity index (χ3n) is 3.34. The Morgan fingerprint density at radius 1 is 1.28 bits per heavy atom. The number of rotatable bonds is 6. The van der Waals surface area contributed by atoms with Crippen LogP contribution in [0.25, 0.3) is 0 Å². The largest absolute Gasteiger partial charge is 0.313 e. The average Bonchev–Trinajstić information content (AvgIpc) is 2.28. The summed E-state index contributed by atoms with van der Waals surface area (Å²) in [6.45, 7) is 9.84. The topological polar surface area (TPSA) is 12.0 Å². The highest BCUT2D eigenvalue weighted by Gasteiger charge is 2.23. The molecule has 0 amide bonds. The van der Waals surface area contributed by atoms with Gasteiger partial charge in [0.2, 0.25) is 0 Å². The van der Waals surface area contributed by atoms with Gasteiger partial charge in [-0.1, -0.05) is 49.7 Å². The highest BCUT2D eigenvalue weighted by molar-refractivity contribution is 9.10. The Morgan fingerprint density at radius 3 is 2.44 bits per heavy atom. The quantitative estimate of drug-likeness (QED) is 0.801. The van der Waals surface area contributed by atoms with E-state index in [2.05, 4.69) is 48.9 Å². The van der Waals surface area contributed by atoms with E-state index >= 15 is 0 Å². The summed E-state index contributed by atoms with van der Waals surface area (Å²) < 4.78 is 14.0. The second-order valence-electron chi connectivity index (χ2n) is 5.18. The van der Waals surface area contributed by atoms with E-state index in [0.717, 1.165) is 17.4 Å². The first-order valence-electron chi connectivity index (χ1n) is 6.65. The highest BCUT2D eigenvalue weighted by Crippen LogP contribution is 2.30. The van der Waals surface area contributed by atoms with Crippen molar-refractivity contribution in [3.63, 3.8) is 0 Å². The fraction of sp³-hybridized carbons (Fsp3) is 0.600. The summed E-state index contributed by atoms with van der Waals surface area (Å²) >= 11 is 3.47. The first-order chi connectivity index (χ1) is 8.47. The van der Waals surface area contributed by atoms with Crippen molar-refractivity contribution in [1.82, 2.24) is 5.32 Å². The molecule has 1 aromatic carbocycles. The smallest absolute Gasteiger partial charge is 0.124 e. The summed E-state index contributed by atoms with van der Waals surface area (Å²) in [5, 5.41) is 3.59. The molecule has 18 heavy (non-hydrogen) atoms. The van der Waals surface area contributed by atoms with Crippen molar-refractivity contribution in [1.29, 1.82) is 0 Å². The van der Waals surface area contributed by atoms with Crippen molar-refractivity contribution in [2.24, 2.45) is 5.92 Å². The molecule has 102 valence electrons. The predicted molar refractivity (Wildman–Crippen MR) is 79.4 cm³/mol.